The average molecular weight is 471 g/mol. The second kappa shape index (κ2) is 9.82. The fourth-order valence-corrected chi connectivity index (χ4v) is 5.03. The Hall–Kier alpha value is -3.07. The van der Waals surface area contributed by atoms with Crippen LogP contribution in [0.15, 0.2) is 28.4 Å². The van der Waals surface area contributed by atoms with E-state index in [4.69, 9.17) is 14.5 Å². The van der Waals surface area contributed by atoms with E-state index >= 15 is 0 Å². The van der Waals surface area contributed by atoms with Gasteiger partial charge in [-0.05, 0) is 43.9 Å². The number of methoxy groups -OCH3 is 2. The number of piperidine rings is 1. The zero-order valence-corrected chi connectivity index (χ0v) is 20.3. The van der Waals surface area contributed by atoms with Crippen molar-refractivity contribution in [3.05, 3.63) is 33.9 Å². The number of amides is 1. The zero-order valence-electron chi connectivity index (χ0n) is 19.4. The van der Waals surface area contributed by atoms with E-state index in [1.165, 1.54) is 11.3 Å². The Morgan fingerprint density at radius 3 is 2.85 bits per heavy atom. The molecule has 1 aromatic carbocycles. The third-order valence-corrected chi connectivity index (χ3v) is 7.17. The molecule has 1 aliphatic rings. The summed E-state index contributed by atoms with van der Waals surface area (Å²) in [6.07, 6.45) is 2.60. The Morgan fingerprint density at radius 2 is 2.12 bits per heavy atom. The quantitative estimate of drug-likeness (QED) is 0.545. The summed E-state index contributed by atoms with van der Waals surface area (Å²) in [5.41, 5.74) is 2.24. The van der Waals surface area contributed by atoms with Gasteiger partial charge in [0.2, 0.25) is 11.9 Å². The molecule has 3 heterocycles. The lowest BCUT2D eigenvalue weighted by Crippen LogP contribution is -2.46. The molecule has 2 N–H and O–H groups in total. The van der Waals surface area contributed by atoms with Crippen molar-refractivity contribution in [3.8, 4) is 22.6 Å². The van der Waals surface area contributed by atoms with Gasteiger partial charge in [0.05, 0.1) is 25.7 Å². The van der Waals surface area contributed by atoms with E-state index in [1.54, 1.807) is 14.2 Å². The lowest BCUT2D eigenvalue weighted by molar-refractivity contribution is -0.125. The first-order valence-corrected chi connectivity index (χ1v) is 12.1. The van der Waals surface area contributed by atoms with Crippen molar-refractivity contribution in [2.75, 3.05) is 32.2 Å². The maximum Gasteiger partial charge on any atom is 0.270 e. The first-order chi connectivity index (χ1) is 15.9. The molecule has 2 aromatic heterocycles. The standard InChI is InChI=1S/C24H30N4O4S/c1-5-14(2)25-22(29)16-7-6-10-28(12-16)24-26-20-17(13-33-21(20)23(30)27-24)15-8-9-18(31-3)19(11-15)32-4/h8-9,11,13-14,16H,5-7,10,12H2,1-4H3,(H,25,29)(H,26,27,30)/t14-,16+/m1/s1. The molecule has 1 aliphatic heterocycles. The molecule has 1 amide bonds. The monoisotopic (exact) mass is 470 g/mol. The Morgan fingerprint density at radius 1 is 1.33 bits per heavy atom. The van der Waals surface area contributed by atoms with Crippen molar-refractivity contribution in [3.63, 3.8) is 0 Å². The van der Waals surface area contributed by atoms with Crippen LogP contribution in [-0.4, -0.2) is 49.2 Å². The molecule has 0 unspecified atom stereocenters. The fraction of sp³-hybridized carbons (Fsp3) is 0.458. The number of anilines is 1. The molecule has 1 saturated heterocycles. The highest BCUT2D eigenvalue weighted by molar-refractivity contribution is 7.17. The van der Waals surface area contributed by atoms with Crippen LogP contribution < -0.4 is 25.2 Å². The minimum atomic E-state index is -0.169. The summed E-state index contributed by atoms with van der Waals surface area (Å²) < 4.78 is 11.4. The van der Waals surface area contributed by atoms with Gasteiger partial charge < -0.3 is 19.7 Å². The molecule has 0 aliphatic carbocycles. The Bertz CT molecular complexity index is 1200. The van der Waals surface area contributed by atoms with Gasteiger partial charge in [0.1, 0.15) is 4.70 Å². The van der Waals surface area contributed by atoms with Gasteiger partial charge in [0.25, 0.3) is 5.56 Å². The summed E-state index contributed by atoms with van der Waals surface area (Å²) in [6.45, 7) is 5.35. The van der Waals surface area contributed by atoms with Crippen LogP contribution in [0.25, 0.3) is 21.3 Å². The van der Waals surface area contributed by atoms with Gasteiger partial charge in [-0.2, -0.15) is 0 Å². The number of aromatic amines is 1. The predicted molar refractivity (Wildman–Crippen MR) is 132 cm³/mol. The molecule has 1 fully saturated rings. The molecular formula is C24H30N4O4S. The van der Waals surface area contributed by atoms with Crippen LogP contribution >= 0.6 is 11.3 Å². The molecule has 2 atom stereocenters. The largest absolute Gasteiger partial charge is 0.493 e. The molecule has 0 saturated carbocycles. The highest BCUT2D eigenvalue weighted by atomic mass is 32.1. The van der Waals surface area contributed by atoms with Gasteiger partial charge in [-0.15, -0.1) is 11.3 Å². The van der Waals surface area contributed by atoms with E-state index in [1.807, 2.05) is 35.4 Å². The molecular weight excluding hydrogens is 440 g/mol. The highest BCUT2D eigenvalue weighted by Crippen LogP contribution is 2.37. The lowest BCUT2D eigenvalue weighted by Gasteiger charge is -2.32. The second-order valence-corrected chi connectivity index (χ2v) is 9.27. The Balaban J connectivity index is 1.66. The van der Waals surface area contributed by atoms with Crippen LogP contribution in [0.4, 0.5) is 5.95 Å². The van der Waals surface area contributed by atoms with E-state index < -0.39 is 0 Å². The van der Waals surface area contributed by atoms with Crippen LogP contribution in [0.2, 0.25) is 0 Å². The van der Waals surface area contributed by atoms with Crippen LogP contribution in [0.3, 0.4) is 0 Å². The maximum absolute atomic E-state index is 12.9. The maximum atomic E-state index is 12.9. The van der Waals surface area contributed by atoms with Crippen molar-refractivity contribution in [1.29, 1.82) is 0 Å². The molecule has 0 radical (unpaired) electrons. The molecule has 0 spiro atoms. The number of benzene rings is 1. The van der Waals surface area contributed by atoms with E-state index in [-0.39, 0.29) is 23.4 Å². The second-order valence-electron chi connectivity index (χ2n) is 8.39. The summed E-state index contributed by atoms with van der Waals surface area (Å²) in [5.74, 6) is 1.71. The normalized spacial score (nSPS) is 17.1. The third kappa shape index (κ3) is 4.68. The average Bonchev–Trinajstić information content (AvgIpc) is 3.28. The lowest BCUT2D eigenvalue weighted by atomic mass is 9.97. The number of fused-ring (bicyclic) bond motifs is 1. The summed E-state index contributed by atoms with van der Waals surface area (Å²) in [5, 5.41) is 5.02. The molecule has 9 heteroatoms. The first kappa shape index (κ1) is 23.1. The van der Waals surface area contributed by atoms with Crippen molar-refractivity contribution < 1.29 is 14.3 Å². The molecule has 4 rings (SSSR count). The first-order valence-electron chi connectivity index (χ1n) is 11.2. The van der Waals surface area contributed by atoms with Crippen molar-refractivity contribution >= 4 is 33.4 Å². The minimum Gasteiger partial charge on any atom is -0.493 e. The van der Waals surface area contributed by atoms with E-state index in [2.05, 4.69) is 17.2 Å². The summed E-state index contributed by atoms with van der Waals surface area (Å²) in [4.78, 5) is 35.3. The smallest absolute Gasteiger partial charge is 0.270 e. The number of nitrogens with one attached hydrogen (secondary N) is 2. The Kier molecular flexibility index (Phi) is 6.88. The number of ether oxygens (including phenoxy) is 2. The molecule has 0 bridgehead atoms. The molecule has 176 valence electrons. The number of hydrogen-bond acceptors (Lipinski definition) is 7. The topological polar surface area (TPSA) is 96.6 Å². The fourth-order valence-electron chi connectivity index (χ4n) is 4.12. The van der Waals surface area contributed by atoms with Gasteiger partial charge in [-0.25, -0.2) is 4.98 Å². The molecule has 8 nitrogen and oxygen atoms in total. The summed E-state index contributed by atoms with van der Waals surface area (Å²) in [7, 11) is 3.19. The third-order valence-electron chi connectivity index (χ3n) is 6.20. The predicted octanol–water partition coefficient (Wildman–Crippen LogP) is 3.80. The van der Waals surface area contributed by atoms with E-state index in [0.717, 1.165) is 36.9 Å². The van der Waals surface area contributed by atoms with Crippen molar-refractivity contribution in [2.45, 2.75) is 39.2 Å². The highest BCUT2D eigenvalue weighted by Gasteiger charge is 2.28. The van der Waals surface area contributed by atoms with Crippen LogP contribution in [0.1, 0.15) is 33.1 Å². The number of carbonyl (C=O) groups excluding carboxylic acids is 1. The summed E-state index contributed by atoms with van der Waals surface area (Å²) >= 11 is 1.37. The van der Waals surface area contributed by atoms with Gasteiger partial charge in [-0.1, -0.05) is 13.0 Å². The summed E-state index contributed by atoms with van der Waals surface area (Å²) in [6, 6.07) is 5.81. The van der Waals surface area contributed by atoms with Gasteiger partial charge in [-0.3, -0.25) is 14.6 Å². The zero-order chi connectivity index (χ0) is 23.5. The van der Waals surface area contributed by atoms with Crippen molar-refractivity contribution in [2.24, 2.45) is 5.92 Å². The van der Waals surface area contributed by atoms with Gasteiger partial charge in [0, 0.05) is 30.1 Å². The number of nitrogens with zero attached hydrogens (tertiary/aromatic N) is 2. The Labute approximate surface area is 196 Å². The van der Waals surface area contributed by atoms with E-state index in [0.29, 0.717) is 34.2 Å². The molecule has 33 heavy (non-hydrogen) atoms. The number of H-pyrrole nitrogens is 1. The SMILES string of the molecule is CC[C@@H](C)NC(=O)[C@H]1CCCN(c2nc3c(-c4ccc(OC)c(OC)c4)csc3c(=O)[nH]2)C1. The van der Waals surface area contributed by atoms with Crippen LogP contribution in [0.5, 0.6) is 11.5 Å². The number of aromatic nitrogens is 2. The van der Waals surface area contributed by atoms with Gasteiger partial charge >= 0.3 is 0 Å². The number of rotatable bonds is 7. The number of thiophene rings is 1. The van der Waals surface area contributed by atoms with E-state index in [9.17, 15) is 9.59 Å². The van der Waals surface area contributed by atoms with Gasteiger partial charge in [0.15, 0.2) is 11.5 Å². The number of carbonyl (C=O) groups is 1. The number of hydrogen-bond donors (Lipinski definition) is 2. The minimum absolute atomic E-state index is 0.0685. The molecule has 3 aromatic rings. The van der Waals surface area contributed by atoms with Crippen LogP contribution in [0, 0.1) is 5.92 Å². The van der Waals surface area contributed by atoms with Crippen molar-refractivity contribution in [1.82, 2.24) is 15.3 Å². The van der Waals surface area contributed by atoms with Crippen LogP contribution in [-0.2, 0) is 4.79 Å².